The summed E-state index contributed by atoms with van der Waals surface area (Å²) in [4.78, 5) is 0. The minimum absolute atomic E-state index is 0.630. The molecular weight excluding hydrogens is 323 g/mol. The molecule has 6 fully saturated rings. The normalized spacial score (nSPS) is 51.9. The standard InChI is InChI=1S/C26H43B/c1-16-21-12-18(25(21,3)4)14-23(16)27(20-10-8-7-9-11-20)24-15-19-13-22(17(24)2)26(19,5)6/h8,10,16-24H,7,9,11-15H2,1-6H3/t16-,17-,18+,19+,20?,21-,22-,23-,24-/m1/s1. The van der Waals surface area contributed by atoms with E-state index in [1.807, 2.05) is 0 Å². The van der Waals surface area contributed by atoms with Crippen LogP contribution in [0.3, 0.4) is 0 Å². The highest BCUT2D eigenvalue weighted by Crippen LogP contribution is 2.70. The van der Waals surface area contributed by atoms with Crippen molar-refractivity contribution in [1.82, 2.24) is 0 Å². The summed E-state index contributed by atoms with van der Waals surface area (Å²) >= 11 is 0. The highest BCUT2D eigenvalue weighted by molar-refractivity contribution is 6.64. The van der Waals surface area contributed by atoms with E-state index in [0.717, 1.165) is 59.7 Å². The first-order valence-corrected chi connectivity index (χ1v) is 12.4. The fraction of sp³-hybridized carbons (Fsp3) is 0.923. The van der Waals surface area contributed by atoms with Gasteiger partial charge in [-0.1, -0.05) is 84.6 Å². The van der Waals surface area contributed by atoms with Gasteiger partial charge in [0.05, 0.1) is 0 Å². The van der Waals surface area contributed by atoms with Crippen molar-refractivity contribution in [3.8, 4) is 0 Å². The van der Waals surface area contributed by atoms with Gasteiger partial charge >= 0.3 is 0 Å². The lowest BCUT2D eigenvalue weighted by atomic mass is 9.17. The molecule has 0 N–H and O–H groups in total. The zero-order chi connectivity index (χ0) is 19.1. The predicted molar refractivity (Wildman–Crippen MR) is 118 cm³/mol. The maximum atomic E-state index is 2.68. The number of fused-ring (bicyclic) bond motifs is 4. The van der Waals surface area contributed by atoms with Crippen LogP contribution in [-0.2, 0) is 0 Å². The van der Waals surface area contributed by atoms with Crippen molar-refractivity contribution in [2.75, 3.05) is 0 Å². The molecule has 0 aromatic rings. The van der Waals surface area contributed by atoms with Crippen LogP contribution in [0.2, 0.25) is 17.5 Å². The molecule has 7 aliphatic carbocycles. The Balaban J connectivity index is 1.44. The topological polar surface area (TPSA) is 0 Å². The third-order valence-electron chi connectivity index (χ3n) is 11.6. The molecule has 150 valence electrons. The predicted octanol–water partition coefficient (Wildman–Crippen LogP) is 7.74. The van der Waals surface area contributed by atoms with E-state index < -0.39 is 0 Å². The molecular formula is C26H43B. The zero-order valence-electron chi connectivity index (χ0n) is 18.9. The van der Waals surface area contributed by atoms with Gasteiger partial charge in [-0.3, -0.25) is 0 Å². The molecule has 6 saturated carbocycles. The van der Waals surface area contributed by atoms with E-state index in [-0.39, 0.29) is 0 Å². The Morgan fingerprint density at radius 2 is 1.30 bits per heavy atom. The van der Waals surface area contributed by atoms with Crippen LogP contribution >= 0.6 is 0 Å². The van der Waals surface area contributed by atoms with Crippen LogP contribution in [0.4, 0.5) is 0 Å². The number of allylic oxidation sites excluding steroid dienone is 2. The monoisotopic (exact) mass is 366 g/mol. The molecule has 1 heteroatoms. The van der Waals surface area contributed by atoms with Gasteiger partial charge < -0.3 is 0 Å². The summed E-state index contributed by atoms with van der Waals surface area (Å²) in [6.07, 6.45) is 15.6. The maximum Gasteiger partial charge on any atom is 0.154 e. The molecule has 0 nitrogen and oxygen atoms in total. The molecule has 7 rings (SSSR count). The summed E-state index contributed by atoms with van der Waals surface area (Å²) in [5.41, 5.74) is 1.26. The summed E-state index contributed by atoms with van der Waals surface area (Å²) < 4.78 is 0. The van der Waals surface area contributed by atoms with Crippen molar-refractivity contribution >= 4 is 6.71 Å². The van der Waals surface area contributed by atoms with Gasteiger partial charge in [0.25, 0.3) is 0 Å². The van der Waals surface area contributed by atoms with Gasteiger partial charge in [-0.05, 0) is 77.8 Å². The minimum atomic E-state index is 0.630. The van der Waals surface area contributed by atoms with E-state index >= 15 is 0 Å². The first kappa shape index (κ1) is 18.8. The van der Waals surface area contributed by atoms with Crippen LogP contribution in [0.25, 0.3) is 0 Å². The second-order valence-electron chi connectivity index (χ2n) is 12.8. The Morgan fingerprint density at radius 1 is 0.778 bits per heavy atom. The van der Waals surface area contributed by atoms with Crippen molar-refractivity contribution in [3.05, 3.63) is 12.2 Å². The Morgan fingerprint density at radius 3 is 1.67 bits per heavy atom. The Bertz CT molecular complexity index is 574. The maximum absolute atomic E-state index is 2.68. The molecule has 9 atom stereocenters. The lowest BCUT2D eigenvalue weighted by molar-refractivity contribution is -0.107. The number of hydrogen-bond acceptors (Lipinski definition) is 0. The van der Waals surface area contributed by atoms with Crippen LogP contribution in [0.15, 0.2) is 12.2 Å². The summed E-state index contributed by atoms with van der Waals surface area (Å²) in [6, 6.07) is 0. The smallest absolute Gasteiger partial charge is 0.0926 e. The Labute approximate surface area is 169 Å². The van der Waals surface area contributed by atoms with Gasteiger partial charge in [0.15, 0.2) is 6.71 Å². The zero-order valence-corrected chi connectivity index (χ0v) is 18.9. The average Bonchev–Trinajstić information content (AvgIpc) is 2.64. The van der Waals surface area contributed by atoms with Crippen molar-refractivity contribution in [3.63, 3.8) is 0 Å². The molecule has 27 heavy (non-hydrogen) atoms. The molecule has 0 aromatic carbocycles. The van der Waals surface area contributed by atoms with Crippen LogP contribution in [-0.4, -0.2) is 6.71 Å². The van der Waals surface area contributed by atoms with Gasteiger partial charge in [-0.25, -0.2) is 0 Å². The summed E-state index contributed by atoms with van der Waals surface area (Å²) in [5.74, 6) is 8.83. The molecule has 4 bridgehead atoms. The lowest BCUT2D eigenvalue weighted by Gasteiger charge is -2.67. The van der Waals surface area contributed by atoms with Crippen LogP contribution < -0.4 is 0 Å². The summed E-state index contributed by atoms with van der Waals surface area (Å²) in [6.45, 7) is 16.6. The van der Waals surface area contributed by atoms with Crippen LogP contribution in [0.5, 0.6) is 0 Å². The fourth-order valence-electron chi connectivity index (χ4n) is 9.51. The first-order valence-electron chi connectivity index (χ1n) is 12.4. The van der Waals surface area contributed by atoms with Crippen molar-refractivity contribution in [1.29, 1.82) is 0 Å². The van der Waals surface area contributed by atoms with E-state index in [1.165, 1.54) is 32.1 Å². The lowest BCUT2D eigenvalue weighted by Crippen LogP contribution is -2.60. The summed E-state index contributed by atoms with van der Waals surface area (Å²) in [5, 5.41) is 0. The van der Waals surface area contributed by atoms with E-state index in [0.29, 0.717) is 10.8 Å². The molecule has 0 radical (unpaired) electrons. The SMILES string of the molecule is C[C@@H]1[C@H]2C[C@@H](C[C@H]1B(C1C=CCCC1)[C@@H]1C[C@@H]3C[C@H]([C@H]1C)C3(C)C)C2(C)C. The van der Waals surface area contributed by atoms with Gasteiger partial charge in [-0.2, -0.15) is 0 Å². The van der Waals surface area contributed by atoms with Crippen molar-refractivity contribution in [2.45, 2.75) is 104 Å². The molecule has 0 heterocycles. The number of hydrogen-bond donors (Lipinski definition) is 0. The number of rotatable bonds is 3. The van der Waals surface area contributed by atoms with E-state index in [9.17, 15) is 0 Å². The highest BCUT2D eigenvalue weighted by Gasteiger charge is 2.63. The van der Waals surface area contributed by atoms with Crippen molar-refractivity contribution in [2.24, 2.45) is 46.3 Å². The average molecular weight is 366 g/mol. The van der Waals surface area contributed by atoms with Crippen molar-refractivity contribution < 1.29 is 0 Å². The molecule has 1 unspecified atom stereocenters. The largest absolute Gasteiger partial charge is 0.154 e. The molecule has 0 aromatic heterocycles. The van der Waals surface area contributed by atoms with Gasteiger partial charge in [0.2, 0.25) is 0 Å². The van der Waals surface area contributed by atoms with Crippen LogP contribution in [0.1, 0.15) is 86.5 Å². The fourth-order valence-corrected chi connectivity index (χ4v) is 9.51. The molecule has 0 aliphatic heterocycles. The Hall–Kier alpha value is -0.195. The van der Waals surface area contributed by atoms with Gasteiger partial charge in [0.1, 0.15) is 0 Å². The van der Waals surface area contributed by atoms with Gasteiger partial charge in [0, 0.05) is 0 Å². The highest BCUT2D eigenvalue weighted by atomic mass is 14.6. The van der Waals surface area contributed by atoms with E-state index in [2.05, 4.69) is 53.7 Å². The van der Waals surface area contributed by atoms with Crippen LogP contribution in [0, 0.1) is 46.3 Å². The summed E-state index contributed by atoms with van der Waals surface area (Å²) in [7, 11) is 0. The second-order valence-corrected chi connectivity index (χ2v) is 12.8. The third kappa shape index (κ3) is 2.54. The first-order chi connectivity index (χ1) is 12.7. The third-order valence-corrected chi connectivity index (χ3v) is 11.6. The van der Waals surface area contributed by atoms with E-state index in [1.54, 1.807) is 12.8 Å². The minimum Gasteiger partial charge on any atom is -0.0926 e. The quantitative estimate of drug-likeness (QED) is 0.354. The molecule has 0 saturated heterocycles. The van der Waals surface area contributed by atoms with E-state index in [4.69, 9.17) is 0 Å². The van der Waals surface area contributed by atoms with Gasteiger partial charge in [-0.15, -0.1) is 0 Å². The second kappa shape index (κ2) is 6.15. The molecule has 0 spiro atoms. The Kier molecular flexibility index (Phi) is 4.29. The molecule has 0 amide bonds. The molecule has 7 aliphatic rings.